The van der Waals surface area contributed by atoms with Crippen LogP contribution in [-0.2, 0) is 4.79 Å². The van der Waals surface area contributed by atoms with Gasteiger partial charge in [0, 0.05) is 9.75 Å². The van der Waals surface area contributed by atoms with Crippen molar-refractivity contribution in [3.63, 3.8) is 0 Å². The van der Waals surface area contributed by atoms with Gasteiger partial charge in [0.25, 0.3) is 5.91 Å². The summed E-state index contributed by atoms with van der Waals surface area (Å²) in [7, 11) is 0. The first-order valence-electron chi connectivity index (χ1n) is 10.5. The molecule has 0 aliphatic carbocycles. The van der Waals surface area contributed by atoms with E-state index in [1.807, 2.05) is 48.5 Å². The summed E-state index contributed by atoms with van der Waals surface area (Å²) in [6, 6.07) is 25.6. The molecule has 3 aromatic carbocycles. The molecule has 1 saturated heterocycles. The number of nitrogens with zero attached hydrogens (tertiary/aromatic N) is 2. The molecule has 0 radical (unpaired) electrons. The quantitative estimate of drug-likeness (QED) is 0.298. The van der Waals surface area contributed by atoms with Crippen LogP contribution in [0.4, 0.5) is 15.8 Å². The number of amidine groups is 1. The van der Waals surface area contributed by atoms with Crippen LogP contribution in [-0.4, -0.2) is 22.2 Å². The fourth-order valence-corrected chi connectivity index (χ4v) is 5.49. The van der Waals surface area contributed by atoms with Crippen molar-refractivity contribution < 1.29 is 19.1 Å². The number of carboxylic acid groups (broad SMARTS) is 1. The van der Waals surface area contributed by atoms with E-state index < -0.39 is 5.97 Å². The van der Waals surface area contributed by atoms with E-state index in [1.54, 1.807) is 36.4 Å². The summed E-state index contributed by atoms with van der Waals surface area (Å²) < 4.78 is 13.5. The lowest BCUT2D eigenvalue weighted by molar-refractivity contribution is -0.113. The highest BCUT2D eigenvalue weighted by Gasteiger charge is 2.35. The van der Waals surface area contributed by atoms with Gasteiger partial charge in [0.15, 0.2) is 5.17 Å². The SMILES string of the molecule is O=C(O)c1ccc(-c2ccc(/C=C3/SC(=Nc4ccccc4)N(c4ccc(F)cc4)C3=O)s2)cc1. The number of carboxylic acids is 1. The Kier molecular flexibility index (Phi) is 6.31. The Labute approximate surface area is 208 Å². The number of carbonyl (C=O) groups is 2. The maximum absolute atomic E-state index is 13.5. The van der Waals surface area contributed by atoms with Crippen molar-refractivity contribution in [2.24, 2.45) is 4.99 Å². The number of benzene rings is 3. The normalized spacial score (nSPS) is 15.8. The fourth-order valence-electron chi connectivity index (χ4n) is 3.47. The van der Waals surface area contributed by atoms with Crippen LogP contribution in [0.5, 0.6) is 0 Å². The molecule has 0 bridgehead atoms. The van der Waals surface area contributed by atoms with Gasteiger partial charge in [0.05, 0.1) is 21.8 Å². The van der Waals surface area contributed by atoms with Gasteiger partial charge in [-0.1, -0.05) is 30.3 Å². The second-order valence-electron chi connectivity index (χ2n) is 7.54. The first kappa shape index (κ1) is 22.8. The van der Waals surface area contributed by atoms with Crippen LogP contribution in [0.15, 0.2) is 101 Å². The van der Waals surface area contributed by atoms with Crippen LogP contribution >= 0.6 is 23.1 Å². The molecule has 0 atom stereocenters. The van der Waals surface area contributed by atoms with Gasteiger partial charge in [0.2, 0.25) is 0 Å². The number of rotatable bonds is 5. The molecule has 5 nitrogen and oxygen atoms in total. The van der Waals surface area contributed by atoms with Crippen LogP contribution < -0.4 is 4.90 Å². The third-order valence-electron chi connectivity index (χ3n) is 5.19. The minimum Gasteiger partial charge on any atom is -0.478 e. The Morgan fingerprint density at radius 1 is 0.914 bits per heavy atom. The minimum atomic E-state index is -0.969. The van der Waals surface area contributed by atoms with Crippen molar-refractivity contribution in [2.75, 3.05) is 4.90 Å². The monoisotopic (exact) mass is 500 g/mol. The largest absolute Gasteiger partial charge is 0.478 e. The highest BCUT2D eigenvalue weighted by Crippen LogP contribution is 2.39. The van der Waals surface area contributed by atoms with Crippen LogP contribution in [0.25, 0.3) is 16.5 Å². The molecule has 8 heteroatoms. The summed E-state index contributed by atoms with van der Waals surface area (Å²) >= 11 is 2.76. The predicted molar refractivity (Wildman–Crippen MR) is 140 cm³/mol. The third kappa shape index (κ3) is 4.94. The summed E-state index contributed by atoms with van der Waals surface area (Å²) in [5.41, 5.74) is 2.37. The summed E-state index contributed by atoms with van der Waals surface area (Å²) in [5, 5.41) is 9.58. The first-order chi connectivity index (χ1) is 17.0. The van der Waals surface area contributed by atoms with Crippen LogP contribution in [0, 0.1) is 5.82 Å². The second kappa shape index (κ2) is 9.69. The van der Waals surface area contributed by atoms with Crippen molar-refractivity contribution in [3.8, 4) is 10.4 Å². The summed E-state index contributed by atoms with van der Waals surface area (Å²) in [4.78, 5) is 33.0. The Balaban J connectivity index is 1.47. The lowest BCUT2D eigenvalue weighted by atomic mass is 10.1. The van der Waals surface area contributed by atoms with E-state index in [4.69, 9.17) is 5.11 Å². The highest BCUT2D eigenvalue weighted by atomic mass is 32.2. The number of hydrogen-bond donors (Lipinski definition) is 1. The maximum atomic E-state index is 13.5. The molecule has 1 amide bonds. The molecule has 0 unspecified atom stereocenters. The molecule has 1 N–H and O–H groups in total. The van der Waals surface area contributed by atoms with Crippen molar-refractivity contribution >= 4 is 57.6 Å². The van der Waals surface area contributed by atoms with E-state index in [0.717, 1.165) is 15.3 Å². The molecule has 1 aliphatic heterocycles. The molecule has 1 fully saturated rings. The average molecular weight is 501 g/mol. The van der Waals surface area contributed by atoms with Gasteiger partial charge >= 0.3 is 5.97 Å². The number of aliphatic imine (C=N–C) groups is 1. The molecular weight excluding hydrogens is 483 g/mol. The fraction of sp³-hybridized carbons (Fsp3) is 0. The molecule has 5 rings (SSSR count). The van der Waals surface area contributed by atoms with Crippen LogP contribution in [0.1, 0.15) is 15.2 Å². The van der Waals surface area contributed by atoms with Gasteiger partial charge < -0.3 is 5.11 Å². The number of carbonyl (C=O) groups excluding carboxylic acids is 1. The zero-order valence-corrected chi connectivity index (χ0v) is 19.7. The summed E-state index contributed by atoms with van der Waals surface area (Å²) in [5.74, 6) is -1.59. The average Bonchev–Trinajstić information content (AvgIpc) is 3.45. The first-order valence-corrected chi connectivity index (χ1v) is 12.2. The molecule has 0 spiro atoms. The van der Waals surface area contributed by atoms with Gasteiger partial charge in [-0.25, -0.2) is 14.2 Å². The Hall–Kier alpha value is -4.01. The Bertz CT molecular complexity index is 1460. The van der Waals surface area contributed by atoms with E-state index in [2.05, 4.69) is 4.99 Å². The molecule has 1 aliphatic rings. The molecule has 0 saturated carbocycles. The van der Waals surface area contributed by atoms with Gasteiger partial charge in [-0.3, -0.25) is 9.69 Å². The summed E-state index contributed by atoms with van der Waals surface area (Å²) in [6.45, 7) is 0. The van der Waals surface area contributed by atoms with E-state index in [-0.39, 0.29) is 17.3 Å². The second-order valence-corrected chi connectivity index (χ2v) is 9.67. The zero-order valence-electron chi connectivity index (χ0n) is 18.1. The number of hydrogen-bond acceptors (Lipinski definition) is 5. The molecular formula is C27H17FN2O3S2. The predicted octanol–water partition coefficient (Wildman–Crippen LogP) is 7.06. The zero-order chi connectivity index (χ0) is 24.4. The van der Waals surface area contributed by atoms with Gasteiger partial charge in [0.1, 0.15) is 5.82 Å². The molecule has 1 aromatic heterocycles. The minimum absolute atomic E-state index is 0.228. The smallest absolute Gasteiger partial charge is 0.335 e. The number of halogens is 1. The van der Waals surface area contributed by atoms with E-state index in [1.165, 1.54) is 40.1 Å². The number of amides is 1. The Morgan fingerprint density at radius 3 is 2.31 bits per heavy atom. The van der Waals surface area contributed by atoms with Gasteiger partial charge in [-0.05, 0) is 84.1 Å². The van der Waals surface area contributed by atoms with E-state index in [9.17, 15) is 14.0 Å². The lowest BCUT2D eigenvalue weighted by Crippen LogP contribution is -2.28. The highest BCUT2D eigenvalue weighted by molar-refractivity contribution is 8.19. The third-order valence-corrected chi connectivity index (χ3v) is 7.24. The Morgan fingerprint density at radius 2 is 1.63 bits per heavy atom. The maximum Gasteiger partial charge on any atom is 0.335 e. The van der Waals surface area contributed by atoms with E-state index in [0.29, 0.717) is 21.4 Å². The molecule has 35 heavy (non-hydrogen) atoms. The number of aromatic carboxylic acids is 1. The van der Waals surface area contributed by atoms with Crippen molar-refractivity contribution in [1.82, 2.24) is 0 Å². The van der Waals surface area contributed by atoms with Crippen molar-refractivity contribution in [2.45, 2.75) is 0 Å². The van der Waals surface area contributed by atoms with Gasteiger partial charge in [-0.15, -0.1) is 11.3 Å². The topological polar surface area (TPSA) is 70.0 Å². The molecule has 4 aromatic rings. The van der Waals surface area contributed by atoms with Crippen LogP contribution in [0.2, 0.25) is 0 Å². The molecule has 2 heterocycles. The number of thioether (sulfide) groups is 1. The number of anilines is 1. The van der Waals surface area contributed by atoms with Crippen molar-refractivity contribution in [3.05, 3.63) is 112 Å². The van der Waals surface area contributed by atoms with Crippen LogP contribution in [0.3, 0.4) is 0 Å². The van der Waals surface area contributed by atoms with E-state index >= 15 is 0 Å². The van der Waals surface area contributed by atoms with Crippen molar-refractivity contribution in [1.29, 1.82) is 0 Å². The summed E-state index contributed by atoms with van der Waals surface area (Å²) in [6.07, 6.45) is 1.82. The molecule has 172 valence electrons. The lowest BCUT2D eigenvalue weighted by Gasteiger charge is -2.15. The number of para-hydroxylation sites is 1. The number of thiophene rings is 1. The standard InChI is InChI=1S/C27H17FN2O3S2/c28-19-10-12-21(13-11-19)30-25(31)24(35-27(30)29-20-4-2-1-3-5-20)16-22-14-15-23(34-22)17-6-8-18(9-7-17)26(32)33/h1-16H,(H,32,33)/b24-16+,29-27?. The van der Waals surface area contributed by atoms with Gasteiger partial charge in [-0.2, -0.15) is 0 Å².